The average molecular weight is 2140 g/mol. The molecule has 4 amide bonds. The Morgan fingerprint density at radius 2 is 0.500 bits per heavy atom. The molecule has 8 unspecified atom stereocenters. The van der Waals surface area contributed by atoms with E-state index in [1.54, 1.807) is 181 Å². The number of carbonyl (C=O) groups excluding carboxylic acids is 8. The molecule has 488 valence electrons. The van der Waals surface area contributed by atoms with Crippen molar-refractivity contribution in [2.75, 3.05) is 131 Å². The van der Waals surface area contributed by atoms with Crippen LogP contribution in [0.3, 0.4) is 0 Å². The van der Waals surface area contributed by atoms with Gasteiger partial charge in [-0.1, -0.05) is 0 Å². The van der Waals surface area contributed by atoms with Crippen molar-refractivity contribution in [3.8, 4) is 0 Å². The van der Waals surface area contributed by atoms with Crippen LogP contribution in [0.2, 0.25) is 0 Å². The lowest BCUT2D eigenvalue weighted by Gasteiger charge is -2.38. The van der Waals surface area contributed by atoms with Crippen LogP contribution in [0.1, 0.15) is 0 Å². The molecule has 1 aliphatic heterocycles. The molecule has 0 saturated carbocycles. The van der Waals surface area contributed by atoms with Crippen LogP contribution < -0.4 is 21.3 Å². The van der Waals surface area contributed by atoms with E-state index in [0.717, 1.165) is 0 Å². The molecular weight excluding hydrogens is 2070 g/mol. The average Bonchev–Trinajstić information content (AvgIpc) is 3.62. The quantitative estimate of drug-likeness (QED) is 0.0540. The minimum atomic E-state index is -1.31. The second kappa shape index (κ2) is 36.2. The molecule has 0 radical (unpaired) electrons. The third-order valence-corrected chi connectivity index (χ3v) is 23.2. The highest BCUT2D eigenvalue weighted by atomic mass is 127. The van der Waals surface area contributed by atoms with Crippen molar-refractivity contribution in [1.29, 1.82) is 0 Å². The summed E-state index contributed by atoms with van der Waals surface area (Å²) in [6.07, 6.45) is -5.23. The molecule has 1 heterocycles. The summed E-state index contributed by atoms with van der Waals surface area (Å²) in [7, 11) is 0. The number of aliphatic hydroxyl groups excluding tert-OH is 12. The van der Waals surface area contributed by atoms with Crippen LogP contribution >= 0.6 is 181 Å². The van der Waals surface area contributed by atoms with E-state index in [0.29, 0.717) is 0 Å². The Kier molecular flexibility index (Phi) is 32.0. The van der Waals surface area contributed by atoms with Gasteiger partial charge in [-0.15, -0.1) is 0 Å². The largest absolute Gasteiger partial charge is 0.510 e. The number of carbonyl (C=O) groups is 8. The standard InChI is InChI=1S/C52H64I8N8O20/c53-33-29(49(85)61-9-21(73)17-69)34(54)42(78)25(41(33)77)13-65-1-2-66(14-26-43(79)35(55)30(36(56)44(26)80)50(86)62-10-22(74)18-70)5-6-68(16-28-47(83)39(59)32(40(60)48(28)84)52(88)64-12-24(76)20-72)8-7-67(4-3-65)15-27-45(81)37(57)31(38(58)46(27)82)51(87)63-11-23(75)19-71/h21-28,69-77,79,81,83H,1-20H2,(H,61,85)(H,62,86)(H,63,87)(H,64,88). The van der Waals surface area contributed by atoms with Crippen LogP contribution in [0.5, 0.6) is 0 Å². The number of amides is 4. The van der Waals surface area contributed by atoms with E-state index in [9.17, 15) is 99.6 Å². The van der Waals surface area contributed by atoms with E-state index in [1.807, 2.05) is 19.6 Å². The Labute approximate surface area is 613 Å². The van der Waals surface area contributed by atoms with E-state index in [2.05, 4.69) is 21.3 Å². The van der Waals surface area contributed by atoms with Crippen molar-refractivity contribution in [3.05, 3.63) is 74.0 Å². The van der Waals surface area contributed by atoms with E-state index in [1.165, 1.54) is 0 Å². The molecule has 16 N–H and O–H groups in total. The molecule has 28 nitrogen and oxygen atoms in total. The topological polar surface area (TPSA) is 440 Å². The smallest absolute Gasteiger partial charge is 0.253 e. The van der Waals surface area contributed by atoms with Crippen LogP contribution in [0.15, 0.2) is 74.0 Å². The lowest BCUT2D eigenvalue weighted by atomic mass is 9.91. The summed E-state index contributed by atoms with van der Waals surface area (Å²) < 4.78 is 0.0176. The molecule has 0 spiro atoms. The monoisotopic (exact) mass is 2140 g/mol. The normalized spacial score (nSPS) is 23.8. The molecule has 0 aromatic heterocycles. The van der Waals surface area contributed by atoms with Gasteiger partial charge in [0.25, 0.3) is 23.6 Å². The number of nitrogens with zero attached hydrogens (tertiary/aromatic N) is 4. The van der Waals surface area contributed by atoms with Crippen LogP contribution in [0.4, 0.5) is 0 Å². The van der Waals surface area contributed by atoms with Gasteiger partial charge in [0, 0.05) is 105 Å². The maximum Gasteiger partial charge on any atom is 0.253 e. The second-order valence-corrected chi connectivity index (χ2v) is 29.2. The van der Waals surface area contributed by atoms with Crippen LogP contribution in [0.25, 0.3) is 0 Å². The van der Waals surface area contributed by atoms with Gasteiger partial charge in [-0.3, -0.25) is 58.0 Å². The zero-order valence-corrected chi connectivity index (χ0v) is 63.5. The van der Waals surface area contributed by atoms with E-state index in [-0.39, 0.29) is 156 Å². The summed E-state index contributed by atoms with van der Waals surface area (Å²) in [5, 5.41) is 134. The fourth-order valence-corrected chi connectivity index (χ4v) is 18.6. The third-order valence-electron chi connectivity index (χ3n) is 14.5. The van der Waals surface area contributed by atoms with Gasteiger partial charge in [-0.25, -0.2) is 0 Å². The molecule has 0 bridgehead atoms. The Morgan fingerprint density at radius 3 is 0.648 bits per heavy atom. The van der Waals surface area contributed by atoms with Gasteiger partial charge in [0.05, 0.1) is 125 Å². The molecule has 4 aliphatic carbocycles. The fraction of sp³-hybridized carbons (Fsp3) is 0.538. The summed E-state index contributed by atoms with van der Waals surface area (Å²) in [4.78, 5) is 118. The van der Waals surface area contributed by atoms with Gasteiger partial charge in [0.1, 0.15) is 23.0 Å². The first-order chi connectivity index (χ1) is 41.4. The van der Waals surface area contributed by atoms with Gasteiger partial charge in [-0.2, -0.15) is 0 Å². The van der Waals surface area contributed by atoms with Gasteiger partial charge in [0.2, 0.25) is 0 Å². The van der Waals surface area contributed by atoms with Crippen molar-refractivity contribution in [2.45, 2.75) is 24.4 Å². The molecule has 0 aromatic rings. The van der Waals surface area contributed by atoms with Crippen LogP contribution in [-0.4, -0.2) is 283 Å². The highest BCUT2D eigenvalue weighted by Crippen LogP contribution is 2.42. The Morgan fingerprint density at radius 1 is 0.341 bits per heavy atom. The number of rotatable bonds is 24. The lowest BCUT2D eigenvalue weighted by molar-refractivity contribution is -0.121. The predicted octanol–water partition coefficient (Wildman–Crippen LogP) is -0.544. The summed E-state index contributed by atoms with van der Waals surface area (Å²) in [5.41, 5.74) is -0.614. The van der Waals surface area contributed by atoms with E-state index >= 15 is 0 Å². The van der Waals surface area contributed by atoms with Crippen LogP contribution in [0, 0.1) is 23.7 Å². The molecule has 8 atom stereocenters. The molecular formula is C52H64I8N8O20. The first-order valence-corrected chi connectivity index (χ1v) is 35.4. The minimum Gasteiger partial charge on any atom is -0.510 e. The first kappa shape index (κ1) is 77.7. The first-order valence-electron chi connectivity index (χ1n) is 26.8. The highest BCUT2D eigenvalue weighted by molar-refractivity contribution is 14.1. The Hall–Kier alpha value is -0.960. The predicted molar refractivity (Wildman–Crippen MR) is 383 cm³/mol. The van der Waals surface area contributed by atoms with Crippen LogP contribution in [-0.2, 0) is 38.4 Å². The molecule has 1 saturated heterocycles. The number of allylic oxidation sites excluding steroid dienone is 4. The van der Waals surface area contributed by atoms with E-state index < -0.39 is 144 Å². The maximum absolute atomic E-state index is 14.4. The van der Waals surface area contributed by atoms with Gasteiger partial charge < -0.3 is 82.5 Å². The molecule has 36 heteroatoms. The molecule has 5 rings (SSSR count). The number of Topliss-reactive ketones (excluding diaryl/α,β-unsaturated/α-hetero) is 4. The highest BCUT2D eigenvalue weighted by Gasteiger charge is 2.44. The van der Waals surface area contributed by atoms with Crippen molar-refractivity contribution in [1.82, 2.24) is 40.9 Å². The fourth-order valence-electron chi connectivity index (χ4n) is 9.38. The zero-order chi connectivity index (χ0) is 65.8. The summed E-state index contributed by atoms with van der Waals surface area (Å²) in [6.45, 7) is -4.28. The number of aliphatic hydroxyl groups is 12. The second-order valence-electron chi connectivity index (χ2n) is 20.6. The number of halogens is 8. The molecule has 5 aliphatic rings. The van der Waals surface area contributed by atoms with Crippen molar-refractivity contribution in [3.63, 3.8) is 0 Å². The van der Waals surface area contributed by atoms with Gasteiger partial charge >= 0.3 is 0 Å². The minimum absolute atomic E-state index is 0.0334. The third kappa shape index (κ3) is 19.6. The molecule has 88 heavy (non-hydrogen) atoms. The van der Waals surface area contributed by atoms with E-state index in [4.69, 9.17) is 0 Å². The van der Waals surface area contributed by atoms with Crippen molar-refractivity contribution in [2.24, 2.45) is 23.7 Å². The summed E-state index contributed by atoms with van der Waals surface area (Å²) >= 11 is 13.8. The number of ketones is 4. The van der Waals surface area contributed by atoms with Gasteiger partial charge in [-0.05, 0) is 181 Å². The summed E-state index contributed by atoms with van der Waals surface area (Å²) in [5.74, 6) is -12.5. The molecule has 0 aromatic carbocycles. The Balaban J connectivity index is 1.58. The van der Waals surface area contributed by atoms with Gasteiger partial charge in [0.15, 0.2) is 23.1 Å². The van der Waals surface area contributed by atoms with Crippen molar-refractivity contribution >= 4 is 227 Å². The number of hydrogen-bond acceptors (Lipinski definition) is 24. The zero-order valence-electron chi connectivity index (χ0n) is 46.2. The number of hydrogen-bond donors (Lipinski definition) is 16. The maximum atomic E-state index is 14.4. The Bertz CT molecular complexity index is 2620. The SMILES string of the molecule is O=C(NCC(O)CO)C1=C(I)C(=O)C(CN2CCN(CC3C(=O)C(I)=C(C(=O)NCC(O)CO)C(I)=C3O)CCN(CC3C(=O)C(I)=C(C(=O)NCC(O)CO)C(I)=C3O)CCN(CC3C(=O)C(I)=C(C(=O)NCC(O)CO)C(I)=C3O)CC2)C(O)=C1I. The van der Waals surface area contributed by atoms with Crippen molar-refractivity contribution < 1.29 is 99.6 Å². The summed E-state index contributed by atoms with van der Waals surface area (Å²) in [6, 6.07) is 0. The number of nitrogens with one attached hydrogen (secondary N) is 4. The molecule has 1 fully saturated rings. The lowest BCUT2D eigenvalue weighted by Crippen LogP contribution is -2.51.